The van der Waals surface area contributed by atoms with E-state index >= 15 is 0 Å². The summed E-state index contributed by atoms with van der Waals surface area (Å²) >= 11 is 1.82. The van der Waals surface area contributed by atoms with Gasteiger partial charge in [0.05, 0.1) is 0 Å². The Bertz CT molecular complexity index is 830. The molecular formula is C23H33N3O2S. The van der Waals surface area contributed by atoms with Crippen LogP contribution in [0.3, 0.4) is 0 Å². The zero-order chi connectivity index (χ0) is 20.4. The minimum absolute atomic E-state index is 0.280. The molecule has 2 aromatic rings. The lowest BCUT2D eigenvalue weighted by Crippen LogP contribution is -2.49. The lowest BCUT2D eigenvalue weighted by atomic mass is 9.78. The Balaban J connectivity index is 1.15. The largest absolute Gasteiger partial charge is 0.444 e. The molecule has 2 heterocycles. The van der Waals surface area contributed by atoms with E-state index in [4.69, 9.17) is 4.74 Å². The third kappa shape index (κ3) is 5.23. The summed E-state index contributed by atoms with van der Waals surface area (Å²) in [4.78, 5) is 17.0. The Morgan fingerprint density at radius 2 is 1.93 bits per heavy atom. The fraction of sp³-hybridized carbons (Fsp3) is 0.609. The van der Waals surface area contributed by atoms with Gasteiger partial charge < -0.3 is 15.0 Å². The average molecular weight is 416 g/mol. The molecule has 1 amide bonds. The smallest absolute Gasteiger partial charge is 0.407 e. The maximum absolute atomic E-state index is 11.8. The summed E-state index contributed by atoms with van der Waals surface area (Å²) in [5.41, 5.74) is 0.961. The zero-order valence-corrected chi connectivity index (χ0v) is 18.6. The van der Waals surface area contributed by atoms with Crippen molar-refractivity contribution in [3.8, 4) is 0 Å². The topological polar surface area (TPSA) is 44.8 Å². The van der Waals surface area contributed by atoms with Crippen molar-refractivity contribution in [3.63, 3.8) is 0 Å². The SMILES string of the molecule is CC(C)(C)OC(=O)N[C@H]1C[C@H](CCN2CCN(c3cccc4sccc34)CC2)C1. The lowest BCUT2D eigenvalue weighted by molar-refractivity contribution is 0.0445. The first-order valence-corrected chi connectivity index (χ1v) is 11.7. The molecule has 2 aliphatic rings. The first-order chi connectivity index (χ1) is 13.9. The fourth-order valence-electron chi connectivity index (χ4n) is 4.39. The van der Waals surface area contributed by atoms with E-state index in [-0.39, 0.29) is 12.1 Å². The van der Waals surface area contributed by atoms with E-state index in [1.807, 2.05) is 32.1 Å². The van der Waals surface area contributed by atoms with Gasteiger partial charge >= 0.3 is 6.09 Å². The Kier molecular flexibility index (Phi) is 6.02. The number of fused-ring (bicyclic) bond motifs is 1. The van der Waals surface area contributed by atoms with E-state index in [0.717, 1.165) is 44.9 Å². The Labute approximate surface area is 178 Å². The van der Waals surface area contributed by atoms with E-state index in [9.17, 15) is 4.79 Å². The van der Waals surface area contributed by atoms with E-state index in [2.05, 4.69) is 44.8 Å². The summed E-state index contributed by atoms with van der Waals surface area (Å²) in [5.74, 6) is 0.729. The number of hydrogen-bond donors (Lipinski definition) is 1. The lowest BCUT2D eigenvalue weighted by Gasteiger charge is -2.40. The van der Waals surface area contributed by atoms with E-state index in [0.29, 0.717) is 0 Å². The molecule has 0 spiro atoms. The second-order valence-electron chi connectivity index (χ2n) is 9.41. The van der Waals surface area contributed by atoms with Crippen molar-refractivity contribution in [2.45, 2.75) is 51.7 Å². The average Bonchev–Trinajstić information content (AvgIpc) is 3.11. The van der Waals surface area contributed by atoms with Crippen LogP contribution in [0, 0.1) is 5.92 Å². The number of ether oxygens (including phenoxy) is 1. The number of anilines is 1. The third-order valence-corrected chi connectivity index (χ3v) is 6.88. The molecule has 0 atom stereocenters. The molecular weight excluding hydrogens is 382 g/mol. The highest BCUT2D eigenvalue weighted by Gasteiger charge is 2.32. The van der Waals surface area contributed by atoms with Gasteiger partial charge in [-0.05, 0) is 76.1 Å². The summed E-state index contributed by atoms with van der Waals surface area (Å²) in [7, 11) is 0. The Morgan fingerprint density at radius 1 is 1.17 bits per heavy atom. The highest BCUT2D eigenvalue weighted by molar-refractivity contribution is 7.17. The second kappa shape index (κ2) is 8.52. The molecule has 2 fully saturated rings. The number of amides is 1. The van der Waals surface area contributed by atoms with Gasteiger partial charge in [-0.25, -0.2) is 4.79 Å². The molecule has 5 nitrogen and oxygen atoms in total. The Hall–Kier alpha value is -1.79. The molecule has 1 saturated carbocycles. The van der Waals surface area contributed by atoms with Crippen molar-refractivity contribution in [2.75, 3.05) is 37.6 Å². The van der Waals surface area contributed by atoms with Gasteiger partial charge in [0.15, 0.2) is 0 Å². The monoisotopic (exact) mass is 415 g/mol. The number of nitrogens with zero attached hydrogens (tertiary/aromatic N) is 2. The van der Waals surface area contributed by atoms with Gasteiger partial charge in [0.1, 0.15) is 5.60 Å². The van der Waals surface area contributed by atoms with Crippen LogP contribution in [0.15, 0.2) is 29.6 Å². The van der Waals surface area contributed by atoms with Crippen LogP contribution in [-0.4, -0.2) is 55.4 Å². The van der Waals surface area contributed by atoms with Crippen LogP contribution >= 0.6 is 11.3 Å². The molecule has 29 heavy (non-hydrogen) atoms. The van der Waals surface area contributed by atoms with Gasteiger partial charge in [0, 0.05) is 48.0 Å². The first-order valence-electron chi connectivity index (χ1n) is 10.8. The van der Waals surface area contributed by atoms with Gasteiger partial charge in [-0.15, -0.1) is 11.3 Å². The molecule has 1 aliphatic carbocycles. The molecule has 6 heteroatoms. The van der Waals surface area contributed by atoms with Crippen molar-refractivity contribution in [1.82, 2.24) is 10.2 Å². The van der Waals surface area contributed by atoms with Crippen LogP contribution in [0.4, 0.5) is 10.5 Å². The third-order valence-electron chi connectivity index (χ3n) is 6.00. The van der Waals surface area contributed by atoms with Gasteiger partial charge in [-0.2, -0.15) is 0 Å². The second-order valence-corrected chi connectivity index (χ2v) is 10.4. The molecule has 1 aromatic carbocycles. The summed E-state index contributed by atoms with van der Waals surface area (Å²) in [5, 5.41) is 6.58. The number of piperazine rings is 1. The van der Waals surface area contributed by atoms with Crippen LogP contribution in [0.1, 0.15) is 40.0 Å². The number of rotatable bonds is 5. The molecule has 4 rings (SSSR count). The standard InChI is InChI=1S/C23H33N3O2S/c1-23(2,3)28-22(27)24-18-15-17(16-18)7-9-25-10-12-26(13-11-25)20-5-4-6-21-19(20)8-14-29-21/h4-6,8,14,17-18H,7,9-13,15-16H2,1-3H3,(H,24,27)/t17-,18-. The number of nitrogens with one attached hydrogen (secondary N) is 1. The van der Waals surface area contributed by atoms with Crippen LogP contribution in [-0.2, 0) is 4.74 Å². The van der Waals surface area contributed by atoms with Crippen molar-refractivity contribution < 1.29 is 9.53 Å². The molecule has 1 aliphatic heterocycles. The van der Waals surface area contributed by atoms with Gasteiger partial charge in [-0.3, -0.25) is 4.90 Å². The maximum atomic E-state index is 11.8. The number of benzene rings is 1. The van der Waals surface area contributed by atoms with Crippen LogP contribution in [0.2, 0.25) is 0 Å². The summed E-state index contributed by atoms with van der Waals surface area (Å²) in [6.07, 6.45) is 3.11. The minimum Gasteiger partial charge on any atom is -0.444 e. The molecule has 1 N–H and O–H groups in total. The van der Waals surface area contributed by atoms with E-state index < -0.39 is 5.60 Å². The molecule has 0 radical (unpaired) electrons. The predicted octanol–water partition coefficient (Wildman–Crippen LogP) is 4.72. The molecule has 158 valence electrons. The van der Waals surface area contributed by atoms with Crippen LogP contribution in [0.5, 0.6) is 0 Å². The summed E-state index contributed by atoms with van der Waals surface area (Å²) in [6.45, 7) is 11.3. The van der Waals surface area contributed by atoms with E-state index in [1.54, 1.807) is 0 Å². The Morgan fingerprint density at radius 3 is 2.66 bits per heavy atom. The highest BCUT2D eigenvalue weighted by atomic mass is 32.1. The first kappa shape index (κ1) is 20.5. The van der Waals surface area contributed by atoms with E-state index in [1.165, 1.54) is 28.7 Å². The van der Waals surface area contributed by atoms with Gasteiger partial charge in [0.2, 0.25) is 0 Å². The fourth-order valence-corrected chi connectivity index (χ4v) is 5.20. The predicted molar refractivity (Wildman–Crippen MR) is 121 cm³/mol. The number of alkyl carbamates (subject to hydrolysis) is 1. The zero-order valence-electron chi connectivity index (χ0n) is 17.8. The number of thiophene rings is 1. The van der Waals surface area contributed by atoms with Crippen molar-refractivity contribution in [3.05, 3.63) is 29.6 Å². The van der Waals surface area contributed by atoms with Crippen molar-refractivity contribution in [2.24, 2.45) is 5.92 Å². The molecule has 1 aromatic heterocycles. The number of carbonyl (C=O) groups is 1. The quantitative estimate of drug-likeness (QED) is 0.768. The van der Waals surface area contributed by atoms with Gasteiger partial charge in [0.25, 0.3) is 0 Å². The van der Waals surface area contributed by atoms with Crippen LogP contribution in [0.25, 0.3) is 10.1 Å². The molecule has 1 saturated heterocycles. The molecule has 0 unspecified atom stereocenters. The number of hydrogen-bond acceptors (Lipinski definition) is 5. The van der Waals surface area contributed by atoms with Crippen molar-refractivity contribution in [1.29, 1.82) is 0 Å². The summed E-state index contributed by atoms with van der Waals surface area (Å²) in [6, 6.07) is 9.19. The number of carbonyl (C=O) groups excluding carboxylic acids is 1. The van der Waals surface area contributed by atoms with Crippen molar-refractivity contribution >= 4 is 33.2 Å². The minimum atomic E-state index is -0.426. The van der Waals surface area contributed by atoms with Gasteiger partial charge in [-0.1, -0.05) is 6.07 Å². The molecule has 0 bridgehead atoms. The highest BCUT2D eigenvalue weighted by Crippen LogP contribution is 2.32. The van der Waals surface area contributed by atoms with Crippen LogP contribution < -0.4 is 10.2 Å². The summed E-state index contributed by atoms with van der Waals surface area (Å²) < 4.78 is 6.72. The maximum Gasteiger partial charge on any atom is 0.407 e. The normalized spacial score (nSPS) is 23.1.